The fourth-order valence-electron chi connectivity index (χ4n) is 2.45. The van der Waals surface area contributed by atoms with Crippen LogP contribution in [0.3, 0.4) is 0 Å². The van der Waals surface area contributed by atoms with E-state index in [1.54, 1.807) is 17.9 Å². The van der Waals surface area contributed by atoms with Gasteiger partial charge < -0.3 is 0 Å². The van der Waals surface area contributed by atoms with E-state index in [4.69, 9.17) is 0 Å². The molecule has 1 amide bonds. The van der Waals surface area contributed by atoms with Gasteiger partial charge in [0.25, 0.3) is 11.6 Å². The first-order chi connectivity index (χ1) is 11.4. The van der Waals surface area contributed by atoms with Gasteiger partial charge in [0.1, 0.15) is 0 Å². The first-order valence-electron chi connectivity index (χ1n) is 7.45. The number of thiazole rings is 1. The molecule has 1 heterocycles. The van der Waals surface area contributed by atoms with Crippen molar-refractivity contribution in [1.29, 1.82) is 0 Å². The molecule has 0 bridgehead atoms. The van der Waals surface area contributed by atoms with Crippen LogP contribution in [0.1, 0.15) is 45.5 Å². The Kier molecular flexibility index (Phi) is 4.15. The van der Waals surface area contributed by atoms with Crippen LogP contribution in [-0.2, 0) is 0 Å². The van der Waals surface area contributed by atoms with Crippen LogP contribution in [0.2, 0.25) is 0 Å². The number of aromatic nitrogens is 1. The van der Waals surface area contributed by atoms with Crippen molar-refractivity contribution >= 4 is 33.8 Å². The summed E-state index contributed by atoms with van der Waals surface area (Å²) in [6, 6.07) is 5.69. The van der Waals surface area contributed by atoms with E-state index >= 15 is 0 Å². The number of carbonyl (C=O) groups is 2. The van der Waals surface area contributed by atoms with E-state index < -0.39 is 4.92 Å². The average Bonchev–Trinajstić information content (AvgIpc) is 3.29. The van der Waals surface area contributed by atoms with Gasteiger partial charge in [0.05, 0.1) is 15.5 Å². The van der Waals surface area contributed by atoms with Crippen LogP contribution in [0.5, 0.6) is 0 Å². The summed E-state index contributed by atoms with van der Waals surface area (Å²) in [7, 11) is 0. The van der Waals surface area contributed by atoms with Crippen LogP contribution >= 0.6 is 11.3 Å². The summed E-state index contributed by atoms with van der Waals surface area (Å²) in [4.78, 5) is 41.4. The Bertz CT molecular complexity index is 842. The molecule has 7 nitrogen and oxygen atoms in total. The predicted molar refractivity (Wildman–Crippen MR) is 89.8 cm³/mol. The third kappa shape index (κ3) is 3.05. The number of non-ortho nitro benzene ring substituents is 1. The van der Waals surface area contributed by atoms with Gasteiger partial charge in [-0.15, -0.1) is 0 Å². The van der Waals surface area contributed by atoms with Gasteiger partial charge in [-0.25, -0.2) is 4.98 Å². The third-order valence-corrected chi connectivity index (χ3v) is 5.00. The van der Waals surface area contributed by atoms with Crippen molar-refractivity contribution in [3.63, 3.8) is 0 Å². The molecule has 3 rings (SSSR count). The fraction of sp³-hybridized carbons (Fsp3) is 0.312. The Morgan fingerprint density at radius 3 is 2.62 bits per heavy atom. The summed E-state index contributed by atoms with van der Waals surface area (Å²) in [5.41, 5.74) is 0.713. The minimum atomic E-state index is -0.528. The minimum absolute atomic E-state index is 0.0297. The standard InChI is InChI=1S/C16H15N3O4S/c1-9-14(10(2)20)24-16(17-9)18(12-6-7-12)15(21)11-4-3-5-13(8-11)19(22)23/h3-5,8,12H,6-7H2,1-2H3. The SMILES string of the molecule is CC(=O)c1sc(N(C(=O)c2cccc([N+](=O)[O-])c2)C2CC2)nc1C. The van der Waals surface area contributed by atoms with Crippen LogP contribution in [0.25, 0.3) is 0 Å². The molecule has 1 saturated carbocycles. The summed E-state index contributed by atoms with van der Waals surface area (Å²) >= 11 is 1.19. The highest BCUT2D eigenvalue weighted by atomic mass is 32.1. The molecule has 1 aromatic carbocycles. The molecule has 0 atom stereocenters. The molecule has 1 aromatic heterocycles. The molecule has 0 saturated heterocycles. The number of hydrogen-bond acceptors (Lipinski definition) is 6. The maximum Gasteiger partial charge on any atom is 0.270 e. The first kappa shape index (κ1) is 16.3. The van der Waals surface area contributed by atoms with Crippen LogP contribution in [-0.4, -0.2) is 27.6 Å². The molecule has 24 heavy (non-hydrogen) atoms. The zero-order chi connectivity index (χ0) is 17.4. The topological polar surface area (TPSA) is 93.4 Å². The number of nitro groups is 1. The van der Waals surface area contributed by atoms with Crippen molar-refractivity contribution in [2.45, 2.75) is 32.7 Å². The number of anilines is 1. The Hall–Kier alpha value is -2.61. The van der Waals surface area contributed by atoms with Crippen LogP contribution in [0.4, 0.5) is 10.8 Å². The maximum absolute atomic E-state index is 12.9. The minimum Gasteiger partial charge on any atom is -0.294 e. The zero-order valence-corrected chi connectivity index (χ0v) is 14.0. The third-order valence-electron chi connectivity index (χ3n) is 3.75. The van der Waals surface area contributed by atoms with Gasteiger partial charge in [0.15, 0.2) is 10.9 Å². The second-order valence-electron chi connectivity index (χ2n) is 5.68. The molecule has 2 aromatic rings. The number of nitrogens with zero attached hydrogens (tertiary/aromatic N) is 3. The Labute approximate surface area is 142 Å². The van der Waals surface area contributed by atoms with Crippen LogP contribution < -0.4 is 4.90 Å². The summed E-state index contributed by atoms with van der Waals surface area (Å²) in [6.07, 6.45) is 1.71. The number of benzene rings is 1. The number of aryl methyl sites for hydroxylation is 1. The van der Waals surface area contributed by atoms with E-state index in [0.29, 0.717) is 15.7 Å². The Morgan fingerprint density at radius 2 is 2.08 bits per heavy atom. The molecule has 0 unspecified atom stereocenters. The number of Topliss-reactive ketones (excluding diaryl/α,β-unsaturated/α-hetero) is 1. The number of carbonyl (C=O) groups excluding carboxylic acids is 2. The summed E-state index contributed by atoms with van der Waals surface area (Å²) in [5.74, 6) is -0.417. The van der Waals surface area contributed by atoms with Crippen molar-refractivity contribution < 1.29 is 14.5 Å². The Balaban J connectivity index is 1.98. The molecule has 0 N–H and O–H groups in total. The summed E-state index contributed by atoms with van der Waals surface area (Å²) in [6.45, 7) is 3.20. The number of amides is 1. The van der Waals surface area contributed by atoms with Gasteiger partial charge in [-0.1, -0.05) is 17.4 Å². The Morgan fingerprint density at radius 1 is 1.38 bits per heavy atom. The number of hydrogen-bond donors (Lipinski definition) is 0. The number of nitro benzene ring substituents is 1. The number of ketones is 1. The molecule has 1 aliphatic carbocycles. The second kappa shape index (κ2) is 6.12. The highest BCUT2D eigenvalue weighted by Gasteiger charge is 2.37. The molecule has 0 spiro atoms. The van der Waals surface area contributed by atoms with E-state index in [1.807, 2.05) is 0 Å². The van der Waals surface area contributed by atoms with Gasteiger partial charge in [-0.05, 0) is 25.8 Å². The maximum atomic E-state index is 12.9. The van der Waals surface area contributed by atoms with Crippen molar-refractivity contribution in [1.82, 2.24) is 4.98 Å². The monoisotopic (exact) mass is 345 g/mol. The predicted octanol–water partition coefficient (Wildman–Crippen LogP) is 3.37. The van der Waals surface area contributed by atoms with Gasteiger partial charge in [-0.2, -0.15) is 0 Å². The first-order valence-corrected chi connectivity index (χ1v) is 8.26. The van der Waals surface area contributed by atoms with Gasteiger partial charge >= 0.3 is 0 Å². The smallest absolute Gasteiger partial charge is 0.270 e. The van der Waals surface area contributed by atoms with E-state index in [2.05, 4.69) is 4.98 Å². The molecule has 1 fully saturated rings. The van der Waals surface area contributed by atoms with Gasteiger partial charge in [0, 0.05) is 30.7 Å². The van der Waals surface area contributed by atoms with E-state index in [-0.39, 0.29) is 29.0 Å². The second-order valence-corrected chi connectivity index (χ2v) is 6.66. The molecule has 0 radical (unpaired) electrons. The van der Waals surface area contributed by atoms with E-state index in [0.717, 1.165) is 12.8 Å². The van der Waals surface area contributed by atoms with Crippen molar-refractivity contribution in [2.24, 2.45) is 0 Å². The van der Waals surface area contributed by atoms with Gasteiger partial charge in [-0.3, -0.25) is 24.6 Å². The molecule has 0 aliphatic heterocycles. The van der Waals surface area contributed by atoms with Gasteiger partial charge in [0.2, 0.25) is 0 Å². The average molecular weight is 345 g/mol. The van der Waals surface area contributed by atoms with Crippen LogP contribution in [0, 0.1) is 17.0 Å². The zero-order valence-electron chi connectivity index (χ0n) is 13.2. The lowest BCUT2D eigenvalue weighted by Gasteiger charge is -2.19. The molecular formula is C16H15N3O4S. The van der Waals surface area contributed by atoms with Crippen molar-refractivity contribution in [3.8, 4) is 0 Å². The quantitative estimate of drug-likeness (QED) is 0.470. The fourth-order valence-corrected chi connectivity index (χ4v) is 3.48. The van der Waals surface area contributed by atoms with Crippen molar-refractivity contribution in [2.75, 3.05) is 4.90 Å². The highest BCUT2D eigenvalue weighted by molar-refractivity contribution is 7.17. The highest BCUT2D eigenvalue weighted by Crippen LogP contribution is 2.36. The molecule has 124 valence electrons. The summed E-state index contributed by atoms with van der Waals surface area (Å²) < 4.78 is 0. The summed E-state index contributed by atoms with van der Waals surface area (Å²) in [5, 5.41) is 11.4. The lowest BCUT2D eigenvalue weighted by Crippen LogP contribution is -2.33. The molecule has 1 aliphatic rings. The lowest BCUT2D eigenvalue weighted by molar-refractivity contribution is -0.384. The van der Waals surface area contributed by atoms with E-state index in [9.17, 15) is 19.7 Å². The molecular weight excluding hydrogens is 330 g/mol. The lowest BCUT2D eigenvalue weighted by atomic mass is 10.2. The largest absolute Gasteiger partial charge is 0.294 e. The number of rotatable bonds is 5. The molecule has 8 heteroatoms. The van der Waals surface area contributed by atoms with E-state index in [1.165, 1.54) is 36.5 Å². The normalized spacial score (nSPS) is 13.6. The van der Waals surface area contributed by atoms with Crippen LogP contribution in [0.15, 0.2) is 24.3 Å². The van der Waals surface area contributed by atoms with Crippen molar-refractivity contribution in [3.05, 3.63) is 50.5 Å².